The molecular weight excluding hydrogens is 308 g/mol. The van der Waals surface area contributed by atoms with Gasteiger partial charge in [0, 0.05) is 7.05 Å². The lowest BCUT2D eigenvalue weighted by Crippen LogP contribution is -2.19. The topological polar surface area (TPSA) is 93.2 Å². The maximum absolute atomic E-state index is 11.5. The van der Waals surface area contributed by atoms with E-state index in [1.807, 2.05) is 36.4 Å². The number of nitrogens with zero attached hydrogens (tertiary/aromatic N) is 2. The van der Waals surface area contributed by atoms with Crippen molar-refractivity contribution in [2.24, 2.45) is 0 Å². The molecule has 0 atom stereocenters. The van der Waals surface area contributed by atoms with E-state index in [1.165, 1.54) is 0 Å². The average Bonchev–Trinajstić information content (AvgIpc) is 3.16. The Balaban J connectivity index is 1.61. The third-order valence-electron chi connectivity index (χ3n) is 3.60. The van der Waals surface area contributed by atoms with Gasteiger partial charge in [0.15, 0.2) is 11.2 Å². The van der Waals surface area contributed by atoms with Crippen LogP contribution in [0.15, 0.2) is 51.3 Å². The van der Waals surface area contributed by atoms with Crippen LogP contribution in [0.25, 0.3) is 22.2 Å². The van der Waals surface area contributed by atoms with Crippen LogP contribution < -0.4 is 10.6 Å². The molecule has 2 N–H and O–H groups in total. The van der Waals surface area contributed by atoms with Gasteiger partial charge in [-0.15, -0.1) is 0 Å². The molecule has 24 heavy (non-hydrogen) atoms. The van der Waals surface area contributed by atoms with Crippen LogP contribution in [0.3, 0.4) is 0 Å². The fourth-order valence-corrected chi connectivity index (χ4v) is 2.43. The molecule has 0 bridgehead atoms. The fraction of sp³-hybridized carbons (Fsp3) is 0.118. The highest BCUT2D eigenvalue weighted by atomic mass is 16.4. The van der Waals surface area contributed by atoms with Crippen molar-refractivity contribution in [3.05, 3.63) is 48.0 Å². The Hall–Kier alpha value is -3.35. The highest BCUT2D eigenvalue weighted by Crippen LogP contribution is 2.25. The van der Waals surface area contributed by atoms with Crippen LogP contribution in [0, 0.1) is 0 Å². The van der Waals surface area contributed by atoms with Gasteiger partial charge in [0.1, 0.15) is 11.0 Å². The van der Waals surface area contributed by atoms with E-state index >= 15 is 0 Å². The molecule has 2 heterocycles. The van der Waals surface area contributed by atoms with Crippen LogP contribution in [0.1, 0.15) is 5.56 Å². The molecule has 0 saturated carbocycles. The summed E-state index contributed by atoms with van der Waals surface area (Å²) in [7, 11) is 1.61. The summed E-state index contributed by atoms with van der Waals surface area (Å²) in [5, 5.41) is 5.52. The summed E-state index contributed by atoms with van der Waals surface area (Å²) in [5.41, 5.74) is 3.58. The number of amides is 1. The monoisotopic (exact) mass is 322 g/mol. The molecule has 0 fully saturated rings. The molecule has 7 nitrogen and oxygen atoms in total. The Bertz CT molecular complexity index is 1000. The van der Waals surface area contributed by atoms with E-state index in [0.717, 1.165) is 11.1 Å². The number of likely N-dealkylation sites (N-methyl/N-ethyl adjacent to an activating group) is 1. The summed E-state index contributed by atoms with van der Waals surface area (Å²) in [6.45, 7) is 0. The number of hydrogen-bond acceptors (Lipinski definition) is 6. The van der Waals surface area contributed by atoms with Gasteiger partial charge in [0.05, 0.1) is 6.42 Å². The van der Waals surface area contributed by atoms with Crippen molar-refractivity contribution in [2.45, 2.75) is 6.42 Å². The van der Waals surface area contributed by atoms with Crippen LogP contribution >= 0.6 is 0 Å². The number of aromatic nitrogens is 2. The van der Waals surface area contributed by atoms with Crippen LogP contribution in [0.5, 0.6) is 0 Å². The maximum atomic E-state index is 11.5. The Kier molecular flexibility index (Phi) is 3.38. The van der Waals surface area contributed by atoms with Crippen molar-refractivity contribution in [1.82, 2.24) is 15.3 Å². The smallest absolute Gasteiger partial charge is 0.303 e. The number of rotatable bonds is 4. The first-order chi connectivity index (χ1) is 11.7. The van der Waals surface area contributed by atoms with E-state index in [-0.39, 0.29) is 11.9 Å². The maximum Gasteiger partial charge on any atom is 0.303 e. The molecular formula is C17H14N4O3. The number of benzene rings is 2. The largest absolute Gasteiger partial charge is 0.423 e. The van der Waals surface area contributed by atoms with Crippen molar-refractivity contribution in [2.75, 3.05) is 12.4 Å². The Morgan fingerprint density at radius 2 is 1.71 bits per heavy atom. The minimum Gasteiger partial charge on any atom is -0.423 e. The van der Waals surface area contributed by atoms with Gasteiger partial charge >= 0.3 is 12.0 Å². The molecule has 120 valence electrons. The van der Waals surface area contributed by atoms with Gasteiger partial charge in [0.2, 0.25) is 5.91 Å². The second-order valence-corrected chi connectivity index (χ2v) is 5.28. The first-order valence-corrected chi connectivity index (χ1v) is 7.44. The van der Waals surface area contributed by atoms with Crippen molar-refractivity contribution >= 4 is 40.1 Å². The molecule has 0 radical (unpaired) electrons. The molecule has 0 saturated heterocycles. The average molecular weight is 322 g/mol. The Labute approximate surface area is 136 Å². The predicted octanol–water partition coefficient (Wildman–Crippen LogP) is 3.00. The highest BCUT2D eigenvalue weighted by molar-refractivity contribution is 5.81. The van der Waals surface area contributed by atoms with Gasteiger partial charge in [0.25, 0.3) is 0 Å². The zero-order valence-corrected chi connectivity index (χ0v) is 12.9. The fourth-order valence-electron chi connectivity index (χ4n) is 2.43. The first kappa shape index (κ1) is 14.3. The zero-order valence-electron chi connectivity index (χ0n) is 12.9. The minimum absolute atomic E-state index is 0.0531. The number of para-hydroxylation sites is 2. The van der Waals surface area contributed by atoms with Crippen molar-refractivity contribution in [3.8, 4) is 0 Å². The number of carbonyl (C=O) groups is 1. The van der Waals surface area contributed by atoms with Gasteiger partial charge < -0.3 is 14.2 Å². The molecule has 4 rings (SSSR count). The number of anilines is 2. The summed E-state index contributed by atoms with van der Waals surface area (Å²) < 4.78 is 11.2. The number of oxazole rings is 2. The SMILES string of the molecule is CNC(=O)Cc1ccc2oc(Nc3nc4ccccc4o3)nc2c1. The number of fused-ring (bicyclic) bond motifs is 2. The lowest BCUT2D eigenvalue weighted by atomic mass is 10.1. The molecule has 0 aliphatic heterocycles. The van der Waals surface area contributed by atoms with Crippen molar-refractivity contribution in [3.63, 3.8) is 0 Å². The van der Waals surface area contributed by atoms with Crippen molar-refractivity contribution < 1.29 is 13.6 Å². The van der Waals surface area contributed by atoms with Crippen molar-refractivity contribution in [1.29, 1.82) is 0 Å². The standard InChI is InChI=1S/C17H14N4O3/c1-18-15(22)9-10-6-7-14-12(8-10)20-17(24-14)21-16-19-11-4-2-3-5-13(11)23-16/h2-8H,9H2,1H3,(H,18,22)(H,19,20,21). The summed E-state index contributed by atoms with van der Waals surface area (Å²) >= 11 is 0. The molecule has 0 aliphatic carbocycles. The number of carbonyl (C=O) groups excluding carboxylic acids is 1. The molecule has 0 unspecified atom stereocenters. The zero-order chi connectivity index (χ0) is 16.5. The number of hydrogen-bond donors (Lipinski definition) is 2. The van der Waals surface area contributed by atoms with E-state index in [9.17, 15) is 4.79 Å². The van der Waals surface area contributed by atoms with Gasteiger partial charge in [-0.2, -0.15) is 9.97 Å². The summed E-state index contributed by atoms with van der Waals surface area (Å²) in [5.74, 6) is -0.0531. The van der Waals surface area contributed by atoms with E-state index in [1.54, 1.807) is 13.1 Å². The van der Waals surface area contributed by atoms with Gasteiger partial charge in [-0.3, -0.25) is 10.1 Å². The highest BCUT2D eigenvalue weighted by Gasteiger charge is 2.11. The molecule has 7 heteroatoms. The van der Waals surface area contributed by atoms with E-state index < -0.39 is 0 Å². The second kappa shape index (κ2) is 5.69. The van der Waals surface area contributed by atoms with Crippen LogP contribution in [-0.2, 0) is 11.2 Å². The van der Waals surface area contributed by atoms with E-state index in [0.29, 0.717) is 29.1 Å². The molecule has 2 aromatic carbocycles. The molecule has 1 amide bonds. The van der Waals surface area contributed by atoms with Crippen LogP contribution in [0.2, 0.25) is 0 Å². The van der Waals surface area contributed by atoms with Crippen LogP contribution in [0.4, 0.5) is 12.0 Å². The van der Waals surface area contributed by atoms with E-state index in [2.05, 4.69) is 20.6 Å². The second-order valence-electron chi connectivity index (χ2n) is 5.28. The third kappa shape index (κ3) is 2.67. The molecule has 0 aliphatic rings. The van der Waals surface area contributed by atoms with Gasteiger partial charge in [-0.25, -0.2) is 0 Å². The first-order valence-electron chi connectivity index (χ1n) is 7.44. The van der Waals surface area contributed by atoms with Gasteiger partial charge in [-0.1, -0.05) is 18.2 Å². The summed E-state index contributed by atoms with van der Waals surface area (Å²) in [6.07, 6.45) is 0.299. The third-order valence-corrected chi connectivity index (χ3v) is 3.60. The Morgan fingerprint density at radius 3 is 2.46 bits per heavy atom. The Morgan fingerprint density at radius 1 is 1.00 bits per heavy atom. The summed E-state index contributed by atoms with van der Waals surface area (Å²) in [4.78, 5) is 20.1. The molecule has 0 spiro atoms. The van der Waals surface area contributed by atoms with Gasteiger partial charge in [-0.05, 0) is 29.8 Å². The summed E-state index contributed by atoms with van der Waals surface area (Å²) in [6, 6.07) is 13.5. The normalized spacial score (nSPS) is 11.0. The lowest BCUT2D eigenvalue weighted by molar-refractivity contribution is -0.119. The number of nitrogens with one attached hydrogen (secondary N) is 2. The predicted molar refractivity (Wildman–Crippen MR) is 89.1 cm³/mol. The quantitative estimate of drug-likeness (QED) is 0.600. The minimum atomic E-state index is -0.0531. The lowest BCUT2D eigenvalue weighted by Gasteiger charge is -1.99. The van der Waals surface area contributed by atoms with E-state index in [4.69, 9.17) is 8.83 Å². The van der Waals surface area contributed by atoms with Crippen LogP contribution in [-0.4, -0.2) is 22.9 Å². The molecule has 4 aromatic rings. The molecule has 2 aromatic heterocycles.